The smallest absolute Gasteiger partial charge is 0.242 e. The molecule has 1 aromatic heterocycles. The standard InChI is InChI=1S/C13H13ClN2OS/c1-9-7-15-11(18-9)8-16-13(17)12(14)10-5-3-2-4-6-10/h2-7,12H,8H2,1H3,(H,16,17). The van der Waals surface area contributed by atoms with Crippen molar-refractivity contribution < 1.29 is 4.79 Å². The molecule has 94 valence electrons. The van der Waals surface area contributed by atoms with E-state index in [0.717, 1.165) is 15.4 Å². The second-order valence-electron chi connectivity index (χ2n) is 3.86. The zero-order valence-corrected chi connectivity index (χ0v) is 11.5. The fourth-order valence-corrected chi connectivity index (χ4v) is 2.46. The van der Waals surface area contributed by atoms with Crippen molar-refractivity contribution in [3.8, 4) is 0 Å². The van der Waals surface area contributed by atoms with Gasteiger partial charge in [0.05, 0.1) is 6.54 Å². The first-order valence-electron chi connectivity index (χ1n) is 5.55. The van der Waals surface area contributed by atoms with E-state index in [-0.39, 0.29) is 5.91 Å². The van der Waals surface area contributed by atoms with E-state index in [0.29, 0.717) is 6.54 Å². The summed E-state index contributed by atoms with van der Waals surface area (Å²) in [6, 6.07) is 9.29. The lowest BCUT2D eigenvalue weighted by Gasteiger charge is -2.09. The number of rotatable bonds is 4. The zero-order chi connectivity index (χ0) is 13.0. The lowest BCUT2D eigenvalue weighted by Crippen LogP contribution is -2.26. The molecule has 2 rings (SSSR count). The molecule has 5 heteroatoms. The number of thiazole rings is 1. The van der Waals surface area contributed by atoms with E-state index in [1.807, 2.05) is 37.3 Å². The molecular formula is C13H13ClN2OS. The Hall–Kier alpha value is -1.39. The molecule has 0 aliphatic heterocycles. The number of halogens is 1. The average Bonchev–Trinajstić information content (AvgIpc) is 2.82. The second-order valence-corrected chi connectivity index (χ2v) is 5.61. The molecule has 0 aliphatic rings. The largest absolute Gasteiger partial charge is 0.348 e. The Bertz CT molecular complexity index is 527. The quantitative estimate of drug-likeness (QED) is 0.875. The van der Waals surface area contributed by atoms with E-state index in [9.17, 15) is 4.79 Å². The van der Waals surface area contributed by atoms with Gasteiger partial charge in [-0.05, 0) is 12.5 Å². The summed E-state index contributed by atoms with van der Waals surface area (Å²) in [6.45, 7) is 2.41. The Balaban J connectivity index is 1.92. The first-order chi connectivity index (χ1) is 8.66. The second kappa shape index (κ2) is 5.98. The van der Waals surface area contributed by atoms with Crippen molar-refractivity contribution in [2.24, 2.45) is 0 Å². The van der Waals surface area contributed by atoms with Crippen molar-refractivity contribution in [2.45, 2.75) is 18.8 Å². The van der Waals surface area contributed by atoms with Crippen molar-refractivity contribution in [2.75, 3.05) is 0 Å². The third-order valence-electron chi connectivity index (χ3n) is 2.41. The first-order valence-corrected chi connectivity index (χ1v) is 6.80. The Morgan fingerprint density at radius 2 is 2.17 bits per heavy atom. The summed E-state index contributed by atoms with van der Waals surface area (Å²) >= 11 is 7.67. The zero-order valence-electron chi connectivity index (χ0n) is 9.89. The van der Waals surface area contributed by atoms with Crippen molar-refractivity contribution in [3.63, 3.8) is 0 Å². The van der Waals surface area contributed by atoms with Gasteiger partial charge in [-0.15, -0.1) is 22.9 Å². The minimum Gasteiger partial charge on any atom is -0.348 e. The van der Waals surface area contributed by atoms with E-state index in [1.54, 1.807) is 17.5 Å². The van der Waals surface area contributed by atoms with Gasteiger partial charge >= 0.3 is 0 Å². The highest BCUT2D eigenvalue weighted by Crippen LogP contribution is 2.20. The lowest BCUT2D eigenvalue weighted by atomic mass is 10.1. The Morgan fingerprint density at radius 3 is 2.78 bits per heavy atom. The predicted molar refractivity (Wildman–Crippen MR) is 73.7 cm³/mol. The lowest BCUT2D eigenvalue weighted by molar-refractivity contribution is -0.121. The predicted octanol–water partition coefficient (Wildman–Crippen LogP) is 3.05. The van der Waals surface area contributed by atoms with Gasteiger partial charge in [-0.1, -0.05) is 30.3 Å². The molecule has 1 amide bonds. The fourth-order valence-electron chi connectivity index (χ4n) is 1.51. The first kappa shape index (κ1) is 13.1. The van der Waals surface area contributed by atoms with Gasteiger partial charge in [0.1, 0.15) is 10.4 Å². The Labute approximate surface area is 115 Å². The third kappa shape index (κ3) is 3.31. The number of nitrogens with one attached hydrogen (secondary N) is 1. The SMILES string of the molecule is Cc1cnc(CNC(=O)C(Cl)c2ccccc2)s1. The highest BCUT2D eigenvalue weighted by Gasteiger charge is 2.17. The molecule has 3 nitrogen and oxygen atoms in total. The number of hydrogen-bond donors (Lipinski definition) is 1. The molecule has 0 saturated carbocycles. The molecule has 0 saturated heterocycles. The molecule has 0 radical (unpaired) electrons. The highest BCUT2D eigenvalue weighted by molar-refractivity contribution is 7.11. The molecule has 0 aliphatic carbocycles. The minimum atomic E-state index is -0.660. The summed E-state index contributed by atoms with van der Waals surface area (Å²) in [4.78, 5) is 17.2. The van der Waals surface area contributed by atoms with Crippen LogP contribution in [0.3, 0.4) is 0 Å². The Kier molecular flexibility index (Phi) is 4.33. The van der Waals surface area contributed by atoms with Crippen LogP contribution in [0.5, 0.6) is 0 Å². The molecule has 1 atom stereocenters. The number of amides is 1. The van der Waals surface area contributed by atoms with Gasteiger partial charge in [0, 0.05) is 11.1 Å². The number of alkyl halides is 1. The number of carbonyl (C=O) groups excluding carboxylic acids is 1. The van der Waals surface area contributed by atoms with Crippen LogP contribution in [0.1, 0.15) is 20.8 Å². The molecular weight excluding hydrogens is 268 g/mol. The summed E-state index contributed by atoms with van der Waals surface area (Å²) in [5, 5.41) is 3.01. The molecule has 2 aromatic rings. The van der Waals surface area contributed by atoms with Crippen LogP contribution in [-0.2, 0) is 11.3 Å². The molecule has 0 spiro atoms. The van der Waals surface area contributed by atoms with E-state index in [1.165, 1.54) is 0 Å². The number of hydrogen-bond acceptors (Lipinski definition) is 3. The van der Waals surface area contributed by atoms with Crippen LogP contribution >= 0.6 is 22.9 Å². The molecule has 0 bridgehead atoms. The van der Waals surface area contributed by atoms with Gasteiger partial charge in [0.25, 0.3) is 0 Å². The van der Waals surface area contributed by atoms with Crippen LogP contribution in [0.25, 0.3) is 0 Å². The molecule has 1 heterocycles. The topological polar surface area (TPSA) is 42.0 Å². The van der Waals surface area contributed by atoms with Gasteiger partial charge in [-0.3, -0.25) is 4.79 Å². The Morgan fingerprint density at radius 1 is 1.44 bits per heavy atom. The van der Waals surface area contributed by atoms with Gasteiger partial charge in [-0.25, -0.2) is 4.98 Å². The number of nitrogens with zero attached hydrogens (tertiary/aromatic N) is 1. The monoisotopic (exact) mass is 280 g/mol. The molecule has 1 aromatic carbocycles. The summed E-state index contributed by atoms with van der Waals surface area (Å²) < 4.78 is 0. The van der Waals surface area contributed by atoms with E-state index < -0.39 is 5.38 Å². The van der Waals surface area contributed by atoms with Crippen LogP contribution in [0, 0.1) is 6.92 Å². The van der Waals surface area contributed by atoms with E-state index in [2.05, 4.69) is 10.3 Å². The van der Waals surface area contributed by atoms with Gasteiger partial charge in [-0.2, -0.15) is 0 Å². The van der Waals surface area contributed by atoms with Crippen molar-refractivity contribution >= 4 is 28.8 Å². The van der Waals surface area contributed by atoms with Gasteiger partial charge in [0.2, 0.25) is 5.91 Å². The highest BCUT2D eigenvalue weighted by atomic mass is 35.5. The summed E-state index contributed by atoms with van der Waals surface area (Å²) in [7, 11) is 0. The molecule has 1 N–H and O–H groups in total. The number of aryl methyl sites for hydroxylation is 1. The van der Waals surface area contributed by atoms with Crippen molar-refractivity contribution in [1.82, 2.24) is 10.3 Å². The normalized spacial score (nSPS) is 12.1. The number of aromatic nitrogens is 1. The summed E-state index contributed by atoms with van der Waals surface area (Å²) in [5.74, 6) is -0.198. The van der Waals surface area contributed by atoms with Crippen molar-refractivity contribution in [1.29, 1.82) is 0 Å². The van der Waals surface area contributed by atoms with Crippen LogP contribution in [0.4, 0.5) is 0 Å². The molecule has 1 unspecified atom stereocenters. The summed E-state index contributed by atoms with van der Waals surface area (Å²) in [5.41, 5.74) is 0.798. The number of carbonyl (C=O) groups is 1. The third-order valence-corrected chi connectivity index (χ3v) is 3.77. The average molecular weight is 281 g/mol. The fraction of sp³-hybridized carbons (Fsp3) is 0.231. The van der Waals surface area contributed by atoms with Crippen LogP contribution in [0.2, 0.25) is 0 Å². The van der Waals surface area contributed by atoms with E-state index >= 15 is 0 Å². The van der Waals surface area contributed by atoms with Crippen molar-refractivity contribution in [3.05, 3.63) is 52.0 Å². The van der Waals surface area contributed by atoms with Crippen LogP contribution in [0.15, 0.2) is 36.5 Å². The molecule has 0 fully saturated rings. The maximum atomic E-state index is 11.9. The van der Waals surface area contributed by atoms with Crippen LogP contribution in [-0.4, -0.2) is 10.9 Å². The summed E-state index contributed by atoms with van der Waals surface area (Å²) in [6.07, 6.45) is 1.79. The van der Waals surface area contributed by atoms with Crippen LogP contribution < -0.4 is 5.32 Å². The minimum absolute atomic E-state index is 0.198. The maximum Gasteiger partial charge on any atom is 0.242 e. The van der Waals surface area contributed by atoms with E-state index in [4.69, 9.17) is 11.6 Å². The van der Waals surface area contributed by atoms with Gasteiger partial charge in [0.15, 0.2) is 0 Å². The van der Waals surface area contributed by atoms with Gasteiger partial charge < -0.3 is 5.32 Å². The maximum absolute atomic E-state index is 11.9. The number of benzene rings is 1. The molecule has 18 heavy (non-hydrogen) atoms.